The first kappa shape index (κ1) is 17.4. The van der Waals surface area contributed by atoms with Crippen LogP contribution in [0.4, 0.5) is 10.5 Å². The van der Waals surface area contributed by atoms with Crippen molar-refractivity contribution in [2.24, 2.45) is 0 Å². The van der Waals surface area contributed by atoms with Crippen molar-refractivity contribution in [1.82, 2.24) is 5.32 Å². The number of nitrogens with one attached hydrogen (secondary N) is 2. The van der Waals surface area contributed by atoms with Crippen LogP contribution in [0.3, 0.4) is 0 Å². The Kier molecular flexibility index (Phi) is 7.46. The van der Waals surface area contributed by atoms with Crippen LogP contribution in [-0.4, -0.2) is 35.2 Å². The number of anilines is 1. The molecule has 0 unspecified atom stereocenters. The lowest BCUT2D eigenvalue weighted by atomic mass is 10.2. The summed E-state index contributed by atoms with van der Waals surface area (Å²) in [6.45, 7) is 0. The monoisotopic (exact) mass is 428 g/mol. The number of carboxylic acid groups (broad SMARTS) is 1. The Labute approximate surface area is 140 Å². The van der Waals surface area contributed by atoms with Crippen molar-refractivity contribution in [2.45, 2.75) is 12.5 Å². The highest BCUT2D eigenvalue weighted by Gasteiger charge is 2.19. The fourth-order valence-electron chi connectivity index (χ4n) is 1.40. The highest BCUT2D eigenvalue weighted by molar-refractivity contribution is 14.1. The van der Waals surface area contributed by atoms with E-state index < -0.39 is 18.0 Å². The van der Waals surface area contributed by atoms with Crippen molar-refractivity contribution in [3.05, 3.63) is 26.8 Å². The molecule has 2 amide bonds. The molecule has 1 atom stereocenters. The molecule has 0 heterocycles. The molecule has 1 rings (SSSR count). The molecule has 110 valence electrons. The van der Waals surface area contributed by atoms with Gasteiger partial charge in [-0.05, 0) is 59.2 Å². The number of rotatable bonds is 6. The van der Waals surface area contributed by atoms with Gasteiger partial charge in [-0.3, -0.25) is 0 Å². The van der Waals surface area contributed by atoms with Gasteiger partial charge in [-0.2, -0.15) is 11.8 Å². The lowest BCUT2D eigenvalue weighted by molar-refractivity contribution is -0.139. The molecule has 0 aliphatic heterocycles. The Balaban J connectivity index is 2.63. The van der Waals surface area contributed by atoms with Crippen LogP contribution in [0.2, 0.25) is 5.02 Å². The highest BCUT2D eigenvalue weighted by Crippen LogP contribution is 2.23. The number of aliphatic carboxylic acids is 1. The number of amides is 2. The zero-order chi connectivity index (χ0) is 15.1. The van der Waals surface area contributed by atoms with E-state index in [0.717, 1.165) is 3.57 Å². The average Bonchev–Trinajstić information content (AvgIpc) is 2.37. The van der Waals surface area contributed by atoms with E-state index >= 15 is 0 Å². The van der Waals surface area contributed by atoms with Gasteiger partial charge in [0.15, 0.2) is 0 Å². The molecule has 5 nitrogen and oxygen atoms in total. The van der Waals surface area contributed by atoms with E-state index in [4.69, 9.17) is 16.7 Å². The number of hydrogen-bond donors (Lipinski definition) is 3. The summed E-state index contributed by atoms with van der Waals surface area (Å²) in [6, 6.07) is 3.68. The zero-order valence-corrected chi connectivity index (χ0v) is 14.4. The lowest BCUT2D eigenvalue weighted by Crippen LogP contribution is -2.43. The second-order valence-electron chi connectivity index (χ2n) is 3.89. The largest absolute Gasteiger partial charge is 0.480 e. The molecule has 0 aliphatic carbocycles. The van der Waals surface area contributed by atoms with Gasteiger partial charge in [0, 0.05) is 3.57 Å². The minimum Gasteiger partial charge on any atom is -0.480 e. The molecule has 0 radical (unpaired) electrons. The third-order valence-corrected chi connectivity index (χ3v) is 4.02. The van der Waals surface area contributed by atoms with Crippen molar-refractivity contribution in [1.29, 1.82) is 0 Å². The van der Waals surface area contributed by atoms with Crippen molar-refractivity contribution in [2.75, 3.05) is 17.3 Å². The van der Waals surface area contributed by atoms with Crippen LogP contribution in [-0.2, 0) is 4.79 Å². The standard InChI is InChI=1S/C12H14ClIN2O3S/c1-20-5-4-10(11(17)18)16-12(19)15-9-3-2-7(14)6-8(9)13/h2-3,6,10H,4-5H2,1H3,(H,17,18)(H2,15,16,19)/t10-/m0/s1. The van der Waals surface area contributed by atoms with Gasteiger partial charge in [0.05, 0.1) is 10.7 Å². The topological polar surface area (TPSA) is 78.4 Å². The maximum atomic E-state index is 11.8. The number of hydrogen-bond acceptors (Lipinski definition) is 3. The summed E-state index contributed by atoms with van der Waals surface area (Å²) in [4.78, 5) is 22.8. The third kappa shape index (κ3) is 5.76. The normalized spacial score (nSPS) is 11.8. The number of carbonyl (C=O) groups is 2. The van der Waals surface area contributed by atoms with Gasteiger partial charge in [0.2, 0.25) is 0 Å². The zero-order valence-electron chi connectivity index (χ0n) is 10.7. The minimum absolute atomic E-state index is 0.365. The molecule has 1 aromatic carbocycles. The van der Waals surface area contributed by atoms with Crippen LogP contribution in [0.5, 0.6) is 0 Å². The molecule has 0 saturated carbocycles. The van der Waals surface area contributed by atoms with Gasteiger partial charge in [0.1, 0.15) is 6.04 Å². The molecule has 0 saturated heterocycles. The van der Waals surface area contributed by atoms with Crippen LogP contribution in [0, 0.1) is 3.57 Å². The summed E-state index contributed by atoms with van der Waals surface area (Å²) in [6.07, 6.45) is 2.24. The van der Waals surface area contributed by atoms with Crippen molar-refractivity contribution in [3.8, 4) is 0 Å². The fourth-order valence-corrected chi connectivity index (χ4v) is 2.78. The van der Waals surface area contributed by atoms with Crippen LogP contribution in [0.15, 0.2) is 18.2 Å². The first-order valence-electron chi connectivity index (χ1n) is 5.68. The third-order valence-electron chi connectivity index (χ3n) is 2.39. The summed E-state index contributed by atoms with van der Waals surface area (Å²) in [7, 11) is 0. The number of halogens is 2. The molecule has 0 bridgehead atoms. The first-order valence-corrected chi connectivity index (χ1v) is 8.53. The maximum absolute atomic E-state index is 11.8. The number of carbonyl (C=O) groups excluding carboxylic acids is 1. The molecule has 20 heavy (non-hydrogen) atoms. The Hall–Kier alpha value is -0.670. The highest BCUT2D eigenvalue weighted by atomic mass is 127. The summed E-state index contributed by atoms with van der Waals surface area (Å²) < 4.78 is 0.946. The van der Waals surface area contributed by atoms with Crippen molar-refractivity contribution in [3.63, 3.8) is 0 Å². The van der Waals surface area contributed by atoms with E-state index in [0.29, 0.717) is 22.9 Å². The molecular weight excluding hydrogens is 415 g/mol. The average molecular weight is 429 g/mol. The molecule has 0 aromatic heterocycles. The number of benzene rings is 1. The predicted octanol–water partition coefficient (Wildman–Crippen LogP) is 3.27. The molecule has 0 aliphatic rings. The molecular formula is C12H14ClIN2O3S. The van der Waals surface area contributed by atoms with Crippen LogP contribution >= 0.6 is 46.0 Å². The first-order chi connectivity index (χ1) is 9.43. The Bertz CT molecular complexity index is 502. The van der Waals surface area contributed by atoms with E-state index in [2.05, 4.69) is 33.2 Å². The van der Waals surface area contributed by atoms with Gasteiger partial charge in [-0.25, -0.2) is 9.59 Å². The Morgan fingerprint density at radius 2 is 2.20 bits per heavy atom. The predicted molar refractivity (Wildman–Crippen MR) is 90.7 cm³/mol. The number of carboxylic acids is 1. The Morgan fingerprint density at radius 3 is 2.75 bits per heavy atom. The fraction of sp³-hybridized carbons (Fsp3) is 0.333. The van der Waals surface area contributed by atoms with Crippen molar-refractivity contribution < 1.29 is 14.7 Å². The van der Waals surface area contributed by atoms with Gasteiger partial charge in [0.25, 0.3) is 0 Å². The summed E-state index contributed by atoms with van der Waals surface area (Å²) >= 11 is 9.62. The SMILES string of the molecule is CSCC[C@H](NC(=O)Nc1ccc(I)cc1Cl)C(=O)O. The van der Waals surface area contributed by atoms with Gasteiger partial charge in [-0.1, -0.05) is 11.6 Å². The lowest BCUT2D eigenvalue weighted by Gasteiger charge is -2.15. The van der Waals surface area contributed by atoms with Gasteiger partial charge < -0.3 is 15.7 Å². The summed E-state index contributed by atoms with van der Waals surface area (Å²) in [5.74, 6) is -0.399. The van der Waals surface area contributed by atoms with Crippen molar-refractivity contribution >= 4 is 63.6 Å². The molecule has 0 spiro atoms. The van der Waals surface area contributed by atoms with E-state index in [1.165, 1.54) is 11.8 Å². The molecule has 3 N–H and O–H groups in total. The van der Waals surface area contributed by atoms with E-state index in [-0.39, 0.29) is 0 Å². The second kappa shape index (κ2) is 8.58. The number of urea groups is 1. The summed E-state index contributed by atoms with van der Waals surface area (Å²) in [5, 5.41) is 14.4. The minimum atomic E-state index is -1.05. The van der Waals surface area contributed by atoms with E-state index in [9.17, 15) is 9.59 Å². The second-order valence-corrected chi connectivity index (χ2v) is 6.53. The van der Waals surface area contributed by atoms with E-state index in [1.807, 2.05) is 6.26 Å². The summed E-state index contributed by atoms with van der Waals surface area (Å²) in [5.41, 5.74) is 0.443. The van der Waals surface area contributed by atoms with E-state index in [1.54, 1.807) is 18.2 Å². The molecule has 0 fully saturated rings. The van der Waals surface area contributed by atoms with Gasteiger partial charge >= 0.3 is 12.0 Å². The maximum Gasteiger partial charge on any atom is 0.326 e. The van der Waals surface area contributed by atoms with Gasteiger partial charge in [-0.15, -0.1) is 0 Å². The smallest absolute Gasteiger partial charge is 0.326 e. The quantitative estimate of drug-likeness (QED) is 0.608. The van der Waals surface area contributed by atoms with Crippen LogP contribution in [0.1, 0.15) is 6.42 Å². The molecule has 1 aromatic rings. The number of thioether (sulfide) groups is 1. The van der Waals surface area contributed by atoms with Crippen LogP contribution < -0.4 is 10.6 Å². The molecule has 8 heteroatoms. The van der Waals surface area contributed by atoms with Crippen LogP contribution in [0.25, 0.3) is 0 Å². The Morgan fingerprint density at radius 1 is 1.50 bits per heavy atom.